The molecule has 2 saturated heterocycles. The van der Waals surface area contributed by atoms with Gasteiger partial charge in [0.1, 0.15) is 35.5 Å². The summed E-state index contributed by atoms with van der Waals surface area (Å²) in [6.45, 7) is 1.72. The van der Waals surface area contributed by atoms with E-state index in [1.807, 2.05) is 37.3 Å². The van der Waals surface area contributed by atoms with Gasteiger partial charge in [0, 0.05) is 24.4 Å². The summed E-state index contributed by atoms with van der Waals surface area (Å²) in [5.74, 6) is -3.79. The average Bonchev–Trinajstić information content (AvgIpc) is 3.17. The number of nitrogens with one attached hydrogen (secondary N) is 1. The van der Waals surface area contributed by atoms with Crippen LogP contribution in [0.1, 0.15) is 24.2 Å². The van der Waals surface area contributed by atoms with Crippen molar-refractivity contribution in [2.75, 3.05) is 6.54 Å². The number of benzene rings is 2. The highest BCUT2D eigenvalue weighted by atomic mass is 19.1. The first-order valence-corrected chi connectivity index (χ1v) is 11.2. The molecule has 5 atom stereocenters. The molecule has 5 unspecified atom stereocenters. The Kier molecular flexibility index (Phi) is 5.86. The molecule has 0 saturated carbocycles. The van der Waals surface area contributed by atoms with Crippen LogP contribution in [0.3, 0.4) is 0 Å². The molecule has 2 aromatic carbocycles. The highest BCUT2D eigenvalue weighted by Crippen LogP contribution is 2.39. The van der Waals surface area contributed by atoms with Crippen molar-refractivity contribution < 1.29 is 33.0 Å². The normalized spacial score (nSPS) is 27.9. The summed E-state index contributed by atoms with van der Waals surface area (Å²) in [6.07, 6.45) is -1.51. The first-order chi connectivity index (χ1) is 16.8. The van der Waals surface area contributed by atoms with Crippen molar-refractivity contribution in [1.29, 1.82) is 0 Å². The molecule has 3 aliphatic heterocycles. The van der Waals surface area contributed by atoms with E-state index in [-0.39, 0.29) is 36.4 Å². The van der Waals surface area contributed by atoms with Crippen molar-refractivity contribution in [3.63, 3.8) is 0 Å². The van der Waals surface area contributed by atoms with Gasteiger partial charge in [0.15, 0.2) is 6.23 Å². The number of hydrogen-bond acceptors (Lipinski definition) is 6. The second kappa shape index (κ2) is 8.86. The number of halogens is 2. The highest BCUT2D eigenvalue weighted by Gasteiger charge is 2.54. The van der Waals surface area contributed by atoms with Gasteiger partial charge < -0.3 is 25.0 Å². The average molecular weight is 483 g/mol. The van der Waals surface area contributed by atoms with E-state index in [0.717, 1.165) is 11.6 Å². The molecule has 0 radical (unpaired) electrons. The Labute approximate surface area is 199 Å². The lowest BCUT2D eigenvalue weighted by molar-refractivity contribution is -0.162. The minimum absolute atomic E-state index is 0.0334. The maximum Gasteiger partial charge on any atom is 0.256 e. The van der Waals surface area contributed by atoms with Crippen LogP contribution >= 0.6 is 0 Å². The zero-order valence-electron chi connectivity index (χ0n) is 18.7. The topological polar surface area (TPSA) is 99.2 Å². The summed E-state index contributed by atoms with van der Waals surface area (Å²) in [6, 6.07) is 10.9. The number of nitrogens with zero attached hydrogens (tertiary/aromatic N) is 2. The number of ketones is 1. The molecule has 2 fully saturated rings. The van der Waals surface area contributed by atoms with Gasteiger partial charge in [-0.2, -0.15) is 0 Å². The van der Waals surface area contributed by atoms with E-state index in [1.165, 1.54) is 17.2 Å². The van der Waals surface area contributed by atoms with Gasteiger partial charge in [-0.05, 0) is 18.6 Å². The van der Waals surface area contributed by atoms with E-state index in [2.05, 4.69) is 5.32 Å². The van der Waals surface area contributed by atoms with Crippen LogP contribution < -0.4 is 5.32 Å². The van der Waals surface area contributed by atoms with E-state index in [1.54, 1.807) is 4.90 Å². The number of Topliss-reactive ketones (excluding diaryl/α,β-unsaturated/α-hetero) is 1. The largest absolute Gasteiger partial charge is 0.382 e. The number of aliphatic hydroxyl groups is 1. The molecule has 0 spiro atoms. The summed E-state index contributed by atoms with van der Waals surface area (Å²) >= 11 is 0. The van der Waals surface area contributed by atoms with Gasteiger partial charge in [0.25, 0.3) is 11.8 Å². The highest BCUT2D eigenvalue weighted by molar-refractivity contribution is 6.22. The zero-order chi connectivity index (χ0) is 24.9. The Balaban J connectivity index is 1.36. The monoisotopic (exact) mass is 483 g/mol. The lowest BCUT2D eigenvalue weighted by atomic mass is 9.91. The Hall–Kier alpha value is -3.63. The van der Waals surface area contributed by atoms with Gasteiger partial charge in [-0.3, -0.25) is 14.4 Å². The molecule has 2 N–H and O–H groups in total. The van der Waals surface area contributed by atoms with Gasteiger partial charge in [-0.25, -0.2) is 8.78 Å². The third-order valence-corrected chi connectivity index (χ3v) is 6.68. The molecule has 3 aliphatic rings. The SMILES string of the molecule is CC1C(c2ccccc2)OC2CN3C=C(C(=O)NCc4ccc(F)cc4F)C(=O)C(O)C3C(=O)N21. The van der Waals surface area contributed by atoms with Crippen LogP contribution in [0.25, 0.3) is 0 Å². The lowest BCUT2D eigenvalue weighted by Crippen LogP contribution is -2.66. The summed E-state index contributed by atoms with van der Waals surface area (Å²) in [5, 5.41) is 13.1. The van der Waals surface area contributed by atoms with Gasteiger partial charge in [-0.15, -0.1) is 0 Å². The molecule has 0 aromatic heterocycles. The van der Waals surface area contributed by atoms with E-state index < -0.39 is 47.6 Å². The van der Waals surface area contributed by atoms with Crippen molar-refractivity contribution in [1.82, 2.24) is 15.1 Å². The Bertz CT molecular complexity index is 1220. The van der Waals surface area contributed by atoms with Crippen LogP contribution in [0.4, 0.5) is 8.78 Å². The maximum absolute atomic E-state index is 13.9. The summed E-state index contributed by atoms with van der Waals surface area (Å²) in [5.41, 5.74) is 0.578. The van der Waals surface area contributed by atoms with E-state index in [9.17, 15) is 28.3 Å². The molecule has 0 bridgehead atoms. The minimum Gasteiger partial charge on any atom is -0.382 e. The van der Waals surface area contributed by atoms with Crippen molar-refractivity contribution in [2.45, 2.75) is 44.0 Å². The predicted octanol–water partition coefficient (Wildman–Crippen LogP) is 1.41. The third kappa shape index (κ3) is 3.98. The second-order valence-corrected chi connectivity index (χ2v) is 8.82. The molecule has 10 heteroatoms. The van der Waals surface area contributed by atoms with Gasteiger partial charge >= 0.3 is 0 Å². The van der Waals surface area contributed by atoms with Crippen LogP contribution in [-0.4, -0.2) is 63.5 Å². The summed E-state index contributed by atoms with van der Waals surface area (Å²) in [7, 11) is 0. The molecule has 35 heavy (non-hydrogen) atoms. The van der Waals surface area contributed by atoms with Crippen molar-refractivity contribution in [2.24, 2.45) is 0 Å². The van der Waals surface area contributed by atoms with Gasteiger partial charge in [0.2, 0.25) is 5.78 Å². The van der Waals surface area contributed by atoms with Gasteiger partial charge in [-0.1, -0.05) is 36.4 Å². The fraction of sp³-hybridized carbons (Fsp3) is 0.320. The first-order valence-electron chi connectivity index (χ1n) is 11.2. The molecule has 2 amide bonds. The minimum atomic E-state index is -1.75. The number of piperazine rings is 1. The van der Waals surface area contributed by atoms with E-state index in [0.29, 0.717) is 6.07 Å². The zero-order valence-corrected chi connectivity index (χ0v) is 18.7. The summed E-state index contributed by atoms with van der Waals surface area (Å²) in [4.78, 5) is 41.9. The third-order valence-electron chi connectivity index (χ3n) is 6.68. The molecule has 0 aliphatic carbocycles. The van der Waals surface area contributed by atoms with Crippen LogP contribution in [0.5, 0.6) is 0 Å². The van der Waals surface area contributed by atoms with Crippen LogP contribution in [0.15, 0.2) is 60.3 Å². The Morgan fingerprint density at radius 1 is 1.17 bits per heavy atom. The Morgan fingerprint density at radius 3 is 2.63 bits per heavy atom. The number of rotatable bonds is 4. The summed E-state index contributed by atoms with van der Waals surface area (Å²) < 4.78 is 33.1. The number of aliphatic hydroxyl groups excluding tert-OH is 1. The molecule has 8 nitrogen and oxygen atoms in total. The van der Waals surface area contributed by atoms with Crippen molar-refractivity contribution in [3.05, 3.63) is 83.1 Å². The standard InChI is InChI=1S/C25H23F2N3O5/c1-13-23(14-5-3-2-4-6-14)35-19-12-29-11-17(21(31)22(32)20(29)25(34)30(13)19)24(33)28-10-15-7-8-16(26)9-18(15)27/h2-9,11,13,19-20,22-23,32H,10,12H2,1H3,(H,28,33). The molecule has 5 rings (SSSR count). The molecule has 2 aromatic rings. The fourth-order valence-corrected chi connectivity index (χ4v) is 4.91. The number of hydrogen-bond donors (Lipinski definition) is 2. The smallest absolute Gasteiger partial charge is 0.256 e. The van der Waals surface area contributed by atoms with Crippen molar-refractivity contribution in [3.8, 4) is 0 Å². The number of fused-ring (bicyclic) bond motifs is 2. The molecule has 182 valence electrons. The number of carbonyl (C=O) groups excluding carboxylic acids is 3. The second-order valence-electron chi connectivity index (χ2n) is 8.82. The lowest BCUT2D eigenvalue weighted by Gasteiger charge is -2.45. The molecule has 3 heterocycles. The number of amides is 2. The van der Waals surface area contributed by atoms with Crippen LogP contribution in [-0.2, 0) is 25.7 Å². The molecular weight excluding hydrogens is 460 g/mol. The maximum atomic E-state index is 13.9. The first kappa shape index (κ1) is 23.1. The molecular formula is C25H23F2N3O5. The predicted molar refractivity (Wildman–Crippen MR) is 118 cm³/mol. The van der Waals surface area contributed by atoms with Crippen LogP contribution in [0.2, 0.25) is 0 Å². The van der Waals surface area contributed by atoms with Crippen molar-refractivity contribution >= 4 is 17.6 Å². The van der Waals surface area contributed by atoms with Crippen LogP contribution in [0, 0.1) is 11.6 Å². The fourth-order valence-electron chi connectivity index (χ4n) is 4.91. The van der Waals surface area contributed by atoms with E-state index >= 15 is 0 Å². The number of ether oxygens (including phenoxy) is 1. The quantitative estimate of drug-likeness (QED) is 0.639. The Morgan fingerprint density at radius 2 is 1.91 bits per heavy atom. The number of carbonyl (C=O) groups is 3. The van der Waals surface area contributed by atoms with Gasteiger partial charge in [0.05, 0.1) is 12.6 Å². The van der Waals surface area contributed by atoms with E-state index in [4.69, 9.17) is 4.74 Å².